The van der Waals surface area contributed by atoms with E-state index in [-0.39, 0.29) is 18.2 Å². The summed E-state index contributed by atoms with van der Waals surface area (Å²) < 4.78 is 19.4. The van der Waals surface area contributed by atoms with Crippen molar-refractivity contribution in [1.29, 1.82) is 0 Å². The first-order chi connectivity index (χ1) is 12.2. The lowest BCUT2D eigenvalue weighted by atomic mass is 9.79. The maximum atomic E-state index is 14.0. The van der Waals surface area contributed by atoms with Crippen LogP contribution in [0.25, 0.3) is 10.4 Å². The predicted octanol–water partition coefficient (Wildman–Crippen LogP) is 4.26. The second-order valence-electron chi connectivity index (χ2n) is 6.63. The van der Waals surface area contributed by atoms with Crippen molar-refractivity contribution >= 4 is 35.7 Å². The van der Waals surface area contributed by atoms with Gasteiger partial charge in [0.05, 0.1) is 17.0 Å². The Morgan fingerprint density at radius 1 is 1.35 bits per heavy atom. The highest BCUT2D eigenvalue weighted by Crippen LogP contribution is 2.34. The molecular weight excluding hydrogens is 377 g/mol. The molecule has 1 N–H and O–H groups in total. The minimum Gasteiger partial charge on any atom is -0.449 e. The van der Waals surface area contributed by atoms with Crippen LogP contribution in [0.3, 0.4) is 0 Å². The van der Waals surface area contributed by atoms with E-state index in [4.69, 9.17) is 4.74 Å². The molecule has 1 unspecified atom stereocenters. The smallest absolute Gasteiger partial charge is 0.412 e. The standard InChI is InChI=1S/C18H20FN3O2S.ClH/c19-15-4-2-1-3-14(15)16-17(20-11-25-16)21-18(23)24-10-13-9-22-7-5-12(13)6-8-22;/h1-4,11-13H,5-10H2,(H,21,23);1H. The predicted molar refractivity (Wildman–Crippen MR) is 102 cm³/mol. The van der Waals surface area contributed by atoms with Crippen LogP contribution >= 0.6 is 23.7 Å². The normalized spacial score (nSPS) is 24.0. The van der Waals surface area contributed by atoms with Crippen LogP contribution in [0.15, 0.2) is 29.8 Å². The largest absolute Gasteiger partial charge is 0.449 e. The van der Waals surface area contributed by atoms with Gasteiger partial charge in [-0.3, -0.25) is 5.32 Å². The van der Waals surface area contributed by atoms with Crippen LogP contribution in [0.1, 0.15) is 12.8 Å². The summed E-state index contributed by atoms with van der Waals surface area (Å²) in [6.45, 7) is 3.76. The van der Waals surface area contributed by atoms with Crippen molar-refractivity contribution in [3.8, 4) is 10.4 Å². The maximum absolute atomic E-state index is 14.0. The first-order valence-electron chi connectivity index (χ1n) is 8.55. The third-order valence-corrected chi connectivity index (χ3v) is 5.99. The molecule has 1 amide bonds. The zero-order valence-corrected chi connectivity index (χ0v) is 15.8. The fraction of sp³-hybridized carbons (Fsp3) is 0.444. The van der Waals surface area contributed by atoms with Crippen LogP contribution in [0.2, 0.25) is 0 Å². The number of fused-ring (bicyclic) bond motifs is 3. The van der Waals surface area contributed by atoms with Crippen molar-refractivity contribution < 1.29 is 13.9 Å². The molecule has 26 heavy (non-hydrogen) atoms. The lowest BCUT2D eigenvalue weighted by Crippen LogP contribution is -2.49. The summed E-state index contributed by atoms with van der Waals surface area (Å²) >= 11 is 1.29. The Bertz CT molecular complexity index is 764. The number of nitrogens with zero attached hydrogens (tertiary/aromatic N) is 2. The fourth-order valence-corrected chi connectivity index (χ4v) is 4.53. The van der Waals surface area contributed by atoms with E-state index in [2.05, 4.69) is 15.2 Å². The van der Waals surface area contributed by atoms with Gasteiger partial charge in [-0.2, -0.15) is 0 Å². The molecule has 8 heteroatoms. The van der Waals surface area contributed by atoms with Gasteiger partial charge >= 0.3 is 6.09 Å². The van der Waals surface area contributed by atoms with Gasteiger partial charge in [0.1, 0.15) is 5.82 Å². The Balaban J connectivity index is 0.00000196. The van der Waals surface area contributed by atoms with Gasteiger partial charge in [-0.25, -0.2) is 14.2 Å². The number of carbonyl (C=O) groups excluding carboxylic acids is 1. The summed E-state index contributed by atoms with van der Waals surface area (Å²) in [6, 6.07) is 6.46. The molecule has 3 saturated heterocycles. The van der Waals surface area contributed by atoms with Gasteiger partial charge in [0.2, 0.25) is 0 Å². The minimum atomic E-state index is -0.528. The van der Waals surface area contributed by atoms with Gasteiger partial charge < -0.3 is 9.64 Å². The number of rotatable bonds is 4. The number of benzene rings is 1. The lowest BCUT2D eigenvalue weighted by molar-refractivity contribution is 0.0151. The molecule has 5 rings (SSSR count). The van der Waals surface area contributed by atoms with E-state index in [1.165, 1.54) is 30.2 Å². The Morgan fingerprint density at radius 2 is 2.12 bits per heavy atom. The molecule has 4 heterocycles. The van der Waals surface area contributed by atoms with Crippen molar-refractivity contribution in [2.45, 2.75) is 12.8 Å². The summed E-state index contributed by atoms with van der Waals surface area (Å²) in [4.78, 5) is 19.3. The summed E-state index contributed by atoms with van der Waals surface area (Å²) in [7, 11) is 0. The van der Waals surface area contributed by atoms with Crippen LogP contribution in [0.4, 0.5) is 15.0 Å². The van der Waals surface area contributed by atoms with Gasteiger partial charge in [0.25, 0.3) is 0 Å². The fourth-order valence-electron chi connectivity index (χ4n) is 3.76. The van der Waals surface area contributed by atoms with Gasteiger partial charge in [0.15, 0.2) is 5.82 Å². The van der Waals surface area contributed by atoms with Crippen LogP contribution in [0, 0.1) is 17.7 Å². The number of ether oxygens (including phenoxy) is 1. The highest BCUT2D eigenvalue weighted by Gasteiger charge is 2.34. The quantitative estimate of drug-likeness (QED) is 0.837. The molecule has 0 spiro atoms. The third-order valence-electron chi connectivity index (χ3n) is 5.13. The second kappa shape index (κ2) is 8.33. The first kappa shape index (κ1) is 19.1. The Labute approximate surface area is 162 Å². The average molecular weight is 398 g/mol. The molecule has 1 aromatic heterocycles. The van der Waals surface area contributed by atoms with E-state index < -0.39 is 6.09 Å². The van der Waals surface area contributed by atoms with Crippen LogP contribution in [-0.4, -0.2) is 42.2 Å². The monoisotopic (exact) mass is 397 g/mol. The first-order valence-corrected chi connectivity index (χ1v) is 9.43. The van der Waals surface area contributed by atoms with Crippen molar-refractivity contribution in [2.24, 2.45) is 11.8 Å². The topological polar surface area (TPSA) is 54.5 Å². The molecule has 0 aliphatic carbocycles. The second-order valence-corrected chi connectivity index (χ2v) is 7.49. The molecular formula is C18H21ClFN3O2S. The van der Waals surface area contributed by atoms with E-state index in [9.17, 15) is 9.18 Å². The van der Waals surface area contributed by atoms with Crippen molar-refractivity contribution in [1.82, 2.24) is 9.88 Å². The molecule has 5 nitrogen and oxygen atoms in total. The minimum absolute atomic E-state index is 0. The zero-order chi connectivity index (χ0) is 17.2. The number of hydrogen-bond acceptors (Lipinski definition) is 5. The summed E-state index contributed by atoms with van der Waals surface area (Å²) in [5, 5.41) is 2.66. The number of piperidine rings is 3. The number of hydrogen-bond donors (Lipinski definition) is 1. The molecule has 3 aliphatic rings. The Hall–Kier alpha value is -1.70. The number of amides is 1. The van der Waals surface area contributed by atoms with Crippen LogP contribution < -0.4 is 5.32 Å². The average Bonchev–Trinajstić information content (AvgIpc) is 3.09. The maximum Gasteiger partial charge on any atom is 0.412 e. The molecule has 2 bridgehead atoms. The van der Waals surface area contributed by atoms with Crippen molar-refractivity contribution in [3.05, 3.63) is 35.6 Å². The van der Waals surface area contributed by atoms with E-state index in [0.717, 1.165) is 19.6 Å². The highest BCUT2D eigenvalue weighted by molar-refractivity contribution is 7.13. The number of nitrogens with one attached hydrogen (secondary N) is 1. The molecule has 1 atom stereocenters. The van der Waals surface area contributed by atoms with Gasteiger partial charge in [0, 0.05) is 18.0 Å². The molecule has 0 saturated carbocycles. The highest BCUT2D eigenvalue weighted by atomic mass is 35.5. The SMILES string of the molecule is Cl.O=C(Nc1ncsc1-c1ccccc1F)OCC1CN2CCC1CC2. The van der Waals surface area contributed by atoms with Gasteiger partial charge in [-0.15, -0.1) is 23.7 Å². The van der Waals surface area contributed by atoms with E-state index in [1.807, 2.05) is 0 Å². The number of halogens is 2. The molecule has 3 fully saturated rings. The molecule has 3 aliphatic heterocycles. The molecule has 140 valence electrons. The number of anilines is 1. The third kappa shape index (κ3) is 4.00. The lowest BCUT2D eigenvalue weighted by Gasteiger charge is -2.44. The van der Waals surface area contributed by atoms with E-state index >= 15 is 0 Å². The van der Waals surface area contributed by atoms with Crippen molar-refractivity contribution in [3.63, 3.8) is 0 Å². The van der Waals surface area contributed by atoms with E-state index in [0.29, 0.717) is 34.7 Å². The Kier molecular flexibility index (Phi) is 6.11. The molecule has 2 aromatic rings. The van der Waals surface area contributed by atoms with Crippen LogP contribution in [0.5, 0.6) is 0 Å². The Morgan fingerprint density at radius 3 is 2.81 bits per heavy atom. The summed E-state index contributed by atoms with van der Waals surface area (Å²) in [5.41, 5.74) is 2.02. The number of carbonyl (C=O) groups is 1. The van der Waals surface area contributed by atoms with Crippen LogP contribution in [-0.2, 0) is 4.74 Å². The van der Waals surface area contributed by atoms with E-state index in [1.54, 1.807) is 23.7 Å². The van der Waals surface area contributed by atoms with Gasteiger partial charge in [-0.1, -0.05) is 18.2 Å². The summed E-state index contributed by atoms with van der Waals surface area (Å²) in [6.07, 6.45) is 1.86. The summed E-state index contributed by atoms with van der Waals surface area (Å²) in [5.74, 6) is 1.07. The molecule has 0 radical (unpaired) electrons. The van der Waals surface area contributed by atoms with Crippen molar-refractivity contribution in [2.75, 3.05) is 31.6 Å². The molecule has 1 aromatic carbocycles. The van der Waals surface area contributed by atoms with Gasteiger partial charge in [-0.05, 0) is 37.9 Å². The number of aromatic nitrogens is 1. The number of thiazole rings is 1. The zero-order valence-electron chi connectivity index (χ0n) is 14.2.